The van der Waals surface area contributed by atoms with Crippen LogP contribution in [0.2, 0.25) is 5.02 Å². The summed E-state index contributed by atoms with van der Waals surface area (Å²) in [5.74, 6) is 1.96. The maximum atomic E-state index is 13.3. The maximum Gasteiger partial charge on any atom is 0.232 e. The number of rotatable bonds is 5. The van der Waals surface area contributed by atoms with E-state index in [1.165, 1.54) is 0 Å². The van der Waals surface area contributed by atoms with E-state index in [9.17, 15) is 4.79 Å². The summed E-state index contributed by atoms with van der Waals surface area (Å²) in [6.45, 7) is 0. The molecule has 3 aromatic carbocycles. The highest BCUT2D eigenvalue weighted by Crippen LogP contribution is 2.43. The van der Waals surface area contributed by atoms with E-state index < -0.39 is 0 Å². The van der Waals surface area contributed by atoms with Crippen molar-refractivity contribution in [3.05, 3.63) is 82.4 Å². The molecule has 1 amide bonds. The van der Waals surface area contributed by atoms with Gasteiger partial charge in [-0.1, -0.05) is 29.8 Å². The molecule has 0 spiro atoms. The number of ether oxygens (including phenoxy) is 3. The van der Waals surface area contributed by atoms with Crippen molar-refractivity contribution in [3.8, 4) is 17.2 Å². The Morgan fingerprint density at radius 2 is 1.60 bits per heavy atom. The fourth-order valence-corrected chi connectivity index (χ4v) is 4.09. The standard InChI is InChI=1S/C24H22ClNO4/c1-28-19-9-7-15(8-10-19)24-20-14-22(30-3)21(29-2)11-16(20)12-23(27)26(24)18-6-4-5-17(25)13-18/h4-11,13-14,24H,12H2,1-3H3. The molecule has 0 fully saturated rings. The van der Waals surface area contributed by atoms with Crippen molar-refractivity contribution >= 4 is 23.2 Å². The zero-order chi connectivity index (χ0) is 21.3. The van der Waals surface area contributed by atoms with E-state index >= 15 is 0 Å². The highest BCUT2D eigenvalue weighted by atomic mass is 35.5. The van der Waals surface area contributed by atoms with Crippen LogP contribution < -0.4 is 19.1 Å². The van der Waals surface area contributed by atoms with Crippen LogP contribution in [0.3, 0.4) is 0 Å². The summed E-state index contributed by atoms with van der Waals surface area (Å²) in [4.78, 5) is 15.1. The topological polar surface area (TPSA) is 48.0 Å². The lowest BCUT2D eigenvalue weighted by atomic mass is 9.86. The van der Waals surface area contributed by atoms with Gasteiger partial charge in [-0.2, -0.15) is 0 Å². The minimum absolute atomic E-state index is 0.0159. The van der Waals surface area contributed by atoms with Crippen LogP contribution in [0.15, 0.2) is 60.7 Å². The third kappa shape index (κ3) is 3.57. The van der Waals surface area contributed by atoms with Gasteiger partial charge in [0, 0.05) is 10.7 Å². The molecule has 1 unspecified atom stereocenters. The first-order valence-electron chi connectivity index (χ1n) is 9.52. The monoisotopic (exact) mass is 423 g/mol. The molecule has 0 N–H and O–H groups in total. The van der Waals surface area contributed by atoms with Crippen LogP contribution in [0.5, 0.6) is 17.2 Å². The molecule has 1 aliphatic rings. The fourth-order valence-electron chi connectivity index (χ4n) is 3.91. The van der Waals surface area contributed by atoms with Crippen LogP contribution in [0.25, 0.3) is 0 Å². The van der Waals surface area contributed by atoms with Crippen molar-refractivity contribution in [3.63, 3.8) is 0 Å². The largest absolute Gasteiger partial charge is 0.497 e. The molecule has 4 rings (SSSR count). The Morgan fingerprint density at radius 3 is 2.23 bits per heavy atom. The van der Waals surface area contributed by atoms with E-state index in [0.29, 0.717) is 16.5 Å². The Balaban J connectivity index is 1.93. The number of methoxy groups -OCH3 is 3. The van der Waals surface area contributed by atoms with Crippen molar-refractivity contribution in [1.82, 2.24) is 0 Å². The molecule has 0 aliphatic carbocycles. The Bertz CT molecular complexity index is 1080. The number of hydrogen-bond acceptors (Lipinski definition) is 4. The van der Waals surface area contributed by atoms with Crippen LogP contribution in [-0.2, 0) is 11.2 Å². The molecule has 0 saturated carbocycles. The zero-order valence-electron chi connectivity index (χ0n) is 17.0. The first-order chi connectivity index (χ1) is 14.5. The summed E-state index contributed by atoms with van der Waals surface area (Å²) in [7, 11) is 4.83. The molecule has 0 bridgehead atoms. The molecule has 6 heteroatoms. The van der Waals surface area contributed by atoms with Gasteiger partial charge in [0.25, 0.3) is 0 Å². The van der Waals surface area contributed by atoms with E-state index in [4.69, 9.17) is 25.8 Å². The maximum absolute atomic E-state index is 13.3. The van der Waals surface area contributed by atoms with Gasteiger partial charge in [-0.25, -0.2) is 0 Å². The summed E-state index contributed by atoms with van der Waals surface area (Å²) in [5, 5.41) is 0.576. The third-order valence-electron chi connectivity index (χ3n) is 5.33. The third-order valence-corrected chi connectivity index (χ3v) is 5.56. The Labute approximate surface area is 180 Å². The van der Waals surface area contributed by atoms with Gasteiger partial charge in [-0.15, -0.1) is 0 Å². The number of halogens is 1. The Hall–Kier alpha value is -3.18. The van der Waals surface area contributed by atoms with Crippen molar-refractivity contribution in [2.45, 2.75) is 12.5 Å². The van der Waals surface area contributed by atoms with Crippen molar-refractivity contribution < 1.29 is 19.0 Å². The van der Waals surface area contributed by atoms with Gasteiger partial charge >= 0.3 is 0 Å². The van der Waals surface area contributed by atoms with Gasteiger partial charge in [-0.05, 0) is 59.2 Å². The van der Waals surface area contributed by atoms with Gasteiger partial charge in [0.2, 0.25) is 5.91 Å². The van der Waals surface area contributed by atoms with E-state index in [0.717, 1.165) is 28.1 Å². The first kappa shape index (κ1) is 20.1. The van der Waals surface area contributed by atoms with Gasteiger partial charge in [0.15, 0.2) is 11.5 Å². The van der Waals surface area contributed by atoms with Crippen molar-refractivity contribution in [1.29, 1.82) is 0 Å². The molecular formula is C24H22ClNO4. The molecule has 0 aromatic heterocycles. The zero-order valence-corrected chi connectivity index (χ0v) is 17.8. The summed E-state index contributed by atoms with van der Waals surface area (Å²) in [6.07, 6.45) is 0.259. The highest BCUT2D eigenvalue weighted by Gasteiger charge is 2.36. The van der Waals surface area contributed by atoms with Crippen molar-refractivity contribution in [2.24, 2.45) is 0 Å². The average Bonchev–Trinajstić information content (AvgIpc) is 2.77. The number of hydrogen-bond donors (Lipinski definition) is 0. The molecule has 3 aromatic rings. The number of fused-ring (bicyclic) bond motifs is 1. The van der Waals surface area contributed by atoms with Crippen LogP contribution in [0, 0.1) is 0 Å². The molecule has 5 nitrogen and oxygen atoms in total. The number of nitrogens with zero attached hydrogens (tertiary/aromatic N) is 1. The van der Waals surface area contributed by atoms with Gasteiger partial charge in [0.05, 0.1) is 33.8 Å². The van der Waals surface area contributed by atoms with E-state index in [1.54, 1.807) is 32.3 Å². The second-order valence-corrected chi connectivity index (χ2v) is 7.44. The van der Waals surface area contributed by atoms with Gasteiger partial charge in [0.1, 0.15) is 5.75 Å². The first-order valence-corrected chi connectivity index (χ1v) is 9.90. The minimum atomic E-state index is -0.342. The number of anilines is 1. The summed E-state index contributed by atoms with van der Waals surface area (Å²) >= 11 is 6.24. The summed E-state index contributed by atoms with van der Waals surface area (Å²) in [6, 6.07) is 18.6. The molecule has 1 atom stereocenters. The number of benzene rings is 3. The summed E-state index contributed by atoms with van der Waals surface area (Å²) in [5.41, 5.74) is 3.60. The molecule has 30 heavy (non-hydrogen) atoms. The van der Waals surface area contributed by atoms with Crippen LogP contribution in [-0.4, -0.2) is 27.2 Å². The molecule has 0 saturated heterocycles. The molecular weight excluding hydrogens is 402 g/mol. The molecule has 0 radical (unpaired) electrons. The SMILES string of the molecule is COc1ccc(C2c3cc(OC)c(OC)cc3CC(=O)N2c2cccc(Cl)c2)cc1. The predicted molar refractivity (Wildman–Crippen MR) is 117 cm³/mol. The lowest BCUT2D eigenvalue weighted by molar-refractivity contribution is -0.118. The normalized spacial score (nSPS) is 15.5. The van der Waals surface area contributed by atoms with Gasteiger partial charge < -0.3 is 19.1 Å². The van der Waals surface area contributed by atoms with Crippen molar-refractivity contribution in [2.75, 3.05) is 26.2 Å². The van der Waals surface area contributed by atoms with Gasteiger partial charge in [-0.3, -0.25) is 4.79 Å². The highest BCUT2D eigenvalue weighted by molar-refractivity contribution is 6.31. The van der Waals surface area contributed by atoms with E-state index in [1.807, 2.05) is 54.6 Å². The van der Waals surface area contributed by atoms with Crippen LogP contribution in [0.4, 0.5) is 5.69 Å². The lowest BCUT2D eigenvalue weighted by Gasteiger charge is -2.38. The van der Waals surface area contributed by atoms with E-state index in [-0.39, 0.29) is 18.4 Å². The average molecular weight is 424 g/mol. The predicted octanol–water partition coefficient (Wildman–Crippen LogP) is 5.04. The number of carbonyl (C=O) groups is 1. The Kier molecular flexibility index (Phi) is 5.55. The van der Waals surface area contributed by atoms with E-state index in [2.05, 4.69) is 0 Å². The fraction of sp³-hybridized carbons (Fsp3) is 0.208. The smallest absolute Gasteiger partial charge is 0.232 e. The summed E-state index contributed by atoms with van der Waals surface area (Å²) < 4.78 is 16.3. The number of carbonyl (C=O) groups excluding carboxylic acids is 1. The molecule has 1 aliphatic heterocycles. The molecule has 154 valence electrons. The minimum Gasteiger partial charge on any atom is -0.497 e. The second-order valence-electron chi connectivity index (χ2n) is 7.00. The van der Waals surface area contributed by atoms with Crippen LogP contribution >= 0.6 is 11.6 Å². The second kappa shape index (κ2) is 8.28. The quantitative estimate of drug-likeness (QED) is 0.576. The Morgan fingerprint density at radius 1 is 0.900 bits per heavy atom. The van der Waals surface area contributed by atoms with Crippen LogP contribution in [0.1, 0.15) is 22.7 Å². The lowest BCUT2D eigenvalue weighted by Crippen LogP contribution is -2.41. The number of amides is 1. The molecule has 1 heterocycles.